The van der Waals surface area contributed by atoms with Gasteiger partial charge in [0.1, 0.15) is 5.60 Å². The number of hydrogen-bond acceptors (Lipinski definition) is 7. The predicted molar refractivity (Wildman–Crippen MR) is 114 cm³/mol. The zero-order valence-corrected chi connectivity index (χ0v) is 17.8. The molecule has 29 heavy (non-hydrogen) atoms. The molecule has 0 aliphatic heterocycles. The average Bonchev–Trinajstić information content (AvgIpc) is 3.11. The predicted octanol–water partition coefficient (Wildman–Crippen LogP) is 4.79. The number of alkyl carbamates (subject to hydrolysis) is 1. The van der Waals surface area contributed by atoms with Gasteiger partial charge in [0.15, 0.2) is 5.13 Å². The fourth-order valence-corrected chi connectivity index (χ4v) is 3.34. The smallest absolute Gasteiger partial charge is 0.408 e. The summed E-state index contributed by atoms with van der Waals surface area (Å²) in [6.45, 7) is 7.45. The van der Waals surface area contributed by atoms with Gasteiger partial charge in [-0.05, 0) is 45.2 Å². The quantitative estimate of drug-likeness (QED) is 0.606. The summed E-state index contributed by atoms with van der Waals surface area (Å²) in [5.74, 6) is 0.483. The van der Waals surface area contributed by atoms with Crippen LogP contribution in [0.5, 0.6) is 0 Å². The van der Waals surface area contributed by atoms with Crippen LogP contribution < -0.4 is 10.6 Å². The lowest BCUT2D eigenvalue weighted by Crippen LogP contribution is -2.35. The van der Waals surface area contributed by atoms with E-state index in [-0.39, 0.29) is 6.04 Å². The topological polar surface area (TPSA) is 89.0 Å². The second-order valence-corrected chi connectivity index (χ2v) is 8.53. The van der Waals surface area contributed by atoms with E-state index in [0.29, 0.717) is 17.5 Å². The maximum Gasteiger partial charge on any atom is 0.408 e. The minimum Gasteiger partial charge on any atom is -0.444 e. The number of nitrogens with one attached hydrogen (secondary N) is 2. The molecule has 7 nitrogen and oxygen atoms in total. The molecule has 2 heterocycles. The van der Waals surface area contributed by atoms with Crippen LogP contribution in [-0.2, 0) is 11.2 Å². The third-order valence-corrected chi connectivity index (χ3v) is 4.63. The van der Waals surface area contributed by atoms with Gasteiger partial charge < -0.3 is 15.4 Å². The third kappa shape index (κ3) is 6.53. The average molecular weight is 412 g/mol. The fraction of sp³-hybridized carbons (Fsp3) is 0.333. The van der Waals surface area contributed by atoms with Crippen molar-refractivity contribution in [3.05, 3.63) is 64.9 Å². The number of carbonyl (C=O) groups is 1. The maximum absolute atomic E-state index is 12.4. The number of amides is 1. The van der Waals surface area contributed by atoms with Gasteiger partial charge >= 0.3 is 6.09 Å². The van der Waals surface area contributed by atoms with Gasteiger partial charge in [0.2, 0.25) is 5.95 Å². The van der Waals surface area contributed by atoms with Crippen LogP contribution >= 0.6 is 11.3 Å². The van der Waals surface area contributed by atoms with Gasteiger partial charge in [-0.1, -0.05) is 30.3 Å². The van der Waals surface area contributed by atoms with Gasteiger partial charge in [-0.3, -0.25) is 0 Å². The highest BCUT2D eigenvalue weighted by molar-refractivity contribution is 7.13. The highest BCUT2D eigenvalue weighted by Crippen LogP contribution is 2.25. The number of aromatic nitrogens is 3. The van der Waals surface area contributed by atoms with Crippen LogP contribution in [0.2, 0.25) is 0 Å². The second kappa shape index (κ2) is 9.00. The van der Waals surface area contributed by atoms with E-state index in [1.54, 1.807) is 12.4 Å². The number of nitrogens with zero attached hydrogens (tertiary/aromatic N) is 3. The molecule has 0 aliphatic rings. The number of aryl methyl sites for hydroxylation is 1. The minimum absolute atomic E-state index is 0.321. The van der Waals surface area contributed by atoms with E-state index < -0.39 is 11.7 Å². The van der Waals surface area contributed by atoms with E-state index in [9.17, 15) is 4.79 Å². The van der Waals surface area contributed by atoms with Crippen molar-refractivity contribution in [2.45, 2.75) is 45.8 Å². The molecule has 1 amide bonds. The Hall–Kier alpha value is -3.00. The first-order chi connectivity index (χ1) is 13.8. The number of thiazole rings is 1. The van der Waals surface area contributed by atoms with Crippen LogP contribution in [-0.4, -0.2) is 26.6 Å². The normalized spacial score (nSPS) is 12.3. The molecule has 1 unspecified atom stereocenters. The maximum atomic E-state index is 12.4. The van der Waals surface area contributed by atoms with Crippen molar-refractivity contribution in [2.75, 3.05) is 5.32 Å². The molecule has 0 saturated carbocycles. The Morgan fingerprint density at radius 2 is 1.86 bits per heavy atom. The number of rotatable bonds is 6. The molecule has 1 aromatic carbocycles. The van der Waals surface area contributed by atoms with Crippen molar-refractivity contribution in [1.82, 2.24) is 20.3 Å². The van der Waals surface area contributed by atoms with Crippen LogP contribution in [0.3, 0.4) is 0 Å². The first-order valence-corrected chi connectivity index (χ1v) is 10.2. The monoisotopic (exact) mass is 411 g/mol. The van der Waals surface area contributed by atoms with Crippen LogP contribution in [0, 0.1) is 6.92 Å². The van der Waals surface area contributed by atoms with Crippen molar-refractivity contribution in [2.24, 2.45) is 0 Å². The van der Waals surface area contributed by atoms with E-state index in [1.165, 1.54) is 11.3 Å². The van der Waals surface area contributed by atoms with Gasteiger partial charge in [-0.15, -0.1) is 11.3 Å². The molecule has 0 spiro atoms. The van der Waals surface area contributed by atoms with Crippen molar-refractivity contribution < 1.29 is 9.53 Å². The largest absolute Gasteiger partial charge is 0.444 e. The van der Waals surface area contributed by atoms with Gasteiger partial charge in [-0.2, -0.15) is 0 Å². The first-order valence-electron chi connectivity index (χ1n) is 9.33. The molecule has 2 N–H and O–H groups in total. The zero-order chi connectivity index (χ0) is 20.9. The molecule has 0 fully saturated rings. The highest BCUT2D eigenvalue weighted by atomic mass is 32.1. The van der Waals surface area contributed by atoms with E-state index in [4.69, 9.17) is 4.74 Å². The van der Waals surface area contributed by atoms with Crippen LogP contribution in [0.25, 0.3) is 0 Å². The fourth-order valence-electron chi connectivity index (χ4n) is 2.59. The van der Waals surface area contributed by atoms with E-state index in [0.717, 1.165) is 16.8 Å². The van der Waals surface area contributed by atoms with Gasteiger partial charge in [0.25, 0.3) is 0 Å². The summed E-state index contributed by atoms with van der Waals surface area (Å²) in [5, 5.41) is 8.63. The Morgan fingerprint density at radius 1 is 1.17 bits per heavy atom. The van der Waals surface area contributed by atoms with Crippen molar-refractivity contribution in [3.8, 4) is 0 Å². The molecule has 3 aromatic rings. The molecule has 0 saturated heterocycles. The Bertz CT molecular complexity index is 936. The molecular weight excluding hydrogens is 386 g/mol. The lowest BCUT2D eigenvalue weighted by Gasteiger charge is -2.23. The number of benzene rings is 1. The lowest BCUT2D eigenvalue weighted by atomic mass is 10.0. The Balaban J connectivity index is 1.76. The summed E-state index contributed by atoms with van der Waals surface area (Å²) < 4.78 is 5.43. The summed E-state index contributed by atoms with van der Waals surface area (Å²) in [4.78, 5) is 25.5. The van der Waals surface area contributed by atoms with E-state index in [2.05, 4.69) is 25.6 Å². The Labute approximate surface area is 174 Å². The summed E-state index contributed by atoms with van der Waals surface area (Å²) in [7, 11) is 0. The zero-order valence-electron chi connectivity index (χ0n) is 17.0. The summed E-state index contributed by atoms with van der Waals surface area (Å²) in [6.07, 6.45) is 3.62. The lowest BCUT2D eigenvalue weighted by molar-refractivity contribution is 0.0502. The van der Waals surface area contributed by atoms with Gasteiger partial charge in [0.05, 0.1) is 11.7 Å². The second-order valence-electron chi connectivity index (χ2n) is 7.68. The summed E-state index contributed by atoms with van der Waals surface area (Å²) >= 11 is 1.43. The van der Waals surface area contributed by atoms with E-state index >= 15 is 0 Å². The van der Waals surface area contributed by atoms with Crippen molar-refractivity contribution in [1.29, 1.82) is 0 Å². The summed E-state index contributed by atoms with van der Waals surface area (Å²) in [6, 6.07) is 9.64. The molecule has 3 rings (SSSR count). The Morgan fingerprint density at radius 3 is 2.52 bits per heavy atom. The SMILES string of the molecule is Cc1cnc(Nc2nc(C(Cc3ccccc3)NC(=O)OC(C)(C)C)cs2)nc1. The van der Waals surface area contributed by atoms with Crippen LogP contribution in [0.15, 0.2) is 48.1 Å². The molecule has 0 bridgehead atoms. The van der Waals surface area contributed by atoms with Crippen molar-refractivity contribution in [3.63, 3.8) is 0 Å². The molecule has 1 atom stereocenters. The number of ether oxygens (including phenoxy) is 1. The van der Waals surface area contributed by atoms with Crippen molar-refractivity contribution >= 4 is 28.5 Å². The third-order valence-electron chi connectivity index (χ3n) is 3.85. The molecule has 8 heteroatoms. The van der Waals surface area contributed by atoms with Crippen LogP contribution in [0.4, 0.5) is 15.9 Å². The first kappa shape index (κ1) is 20.7. The molecule has 2 aromatic heterocycles. The molecule has 0 radical (unpaired) electrons. The van der Waals surface area contributed by atoms with Gasteiger partial charge in [0, 0.05) is 17.8 Å². The highest BCUT2D eigenvalue weighted by Gasteiger charge is 2.23. The molecular formula is C21H25N5O2S. The molecule has 152 valence electrons. The number of carbonyl (C=O) groups excluding carboxylic acids is 1. The minimum atomic E-state index is -0.570. The molecule has 0 aliphatic carbocycles. The van der Waals surface area contributed by atoms with Crippen LogP contribution in [0.1, 0.15) is 43.6 Å². The Kier molecular flexibility index (Phi) is 6.43. The summed E-state index contributed by atoms with van der Waals surface area (Å²) in [5.41, 5.74) is 2.26. The number of hydrogen-bond donors (Lipinski definition) is 2. The van der Waals surface area contributed by atoms with E-state index in [1.807, 2.05) is 63.4 Å². The number of anilines is 2. The van der Waals surface area contributed by atoms with Gasteiger partial charge in [-0.25, -0.2) is 19.7 Å². The standard InChI is InChI=1S/C21H25N5O2S/c1-14-11-22-18(23-12-14)26-19-24-17(13-29-19)16(10-15-8-6-5-7-9-15)25-20(27)28-21(2,3)4/h5-9,11-13,16H,10H2,1-4H3,(H,25,27)(H,22,23,24,26).